The number of aromatic nitrogens is 1. The maximum Gasteiger partial charge on any atom is 0.270 e. The van der Waals surface area contributed by atoms with Crippen molar-refractivity contribution in [1.82, 2.24) is 4.98 Å². The van der Waals surface area contributed by atoms with Gasteiger partial charge < -0.3 is 5.11 Å². The molecule has 19 heavy (non-hydrogen) atoms. The fourth-order valence-corrected chi connectivity index (χ4v) is 1.44. The normalized spacial score (nSPS) is 10.8. The number of nitrogens with zero attached hydrogens (tertiary/aromatic N) is 3. The van der Waals surface area contributed by atoms with Crippen LogP contribution in [0.15, 0.2) is 41.5 Å². The van der Waals surface area contributed by atoms with Crippen molar-refractivity contribution < 1.29 is 10.0 Å². The Kier molecular flexibility index (Phi) is 3.72. The molecule has 0 unspecified atom stereocenters. The molecular weight excluding hydrogens is 270 g/mol. The highest BCUT2D eigenvalue weighted by atomic mass is 35.5. The molecule has 0 spiro atoms. The van der Waals surface area contributed by atoms with Crippen molar-refractivity contribution in [2.45, 2.75) is 0 Å². The first kappa shape index (κ1) is 13.0. The molecule has 0 bridgehead atoms. The largest absolute Gasteiger partial charge is 0.872 e. The Morgan fingerprint density at radius 2 is 2.11 bits per heavy atom. The summed E-state index contributed by atoms with van der Waals surface area (Å²) in [6.45, 7) is 0. The molecule has 0 aliphatic rings. The first-order valence-corrected chi connectivity index (χ1v) is 5.55. The summed E-state index contributed by atoms with van der Waals surface area (Å²) in [6.07, 6.45) is 2.66. The summed E-state index contributed by atoms with van der Waals surface area (Å²) >= 11 is 5.67. The first-order chi connectivity index (χ1) is 9.06. The quantitative estimate of drug-likeness (QED) is 0.489. The second-order valence-corrected chi connectivity index (χ2v) is 4.01. The Morgan fingerprint density at radius 3 is 2.74 bits per heavy atom. The van der Waals surface area contributed by atoms with E-state index in [1.807, 2.05) is 0 Å². The molecule has 2 aromatic rings. The van der Waals surface area contributed by atoms with Crippen molar-refractivity contribution in [2.24, 2.45) is 4.99 Å². The standard InChI is InChI=1S/C12H8ClN3O3/c13-9-1-4-12(15-7-9)14-6-8-5-10(16(18)19)2-3-11(8)17/h1-7,17H/p-1. The molecule has 6 nitrogen and oxygen atoms in total. The molecule has 0 atom stereocenters. The predicted octanol–water partition coefficient (Wildman–Crippen LogP) is 2.47. The summed E-state index contributed by atoms with van der Waals surface area (Å²) in [4.78, 5) is 17.9. The first-order valence-electron chi connectivity index (χ1n) is 5.17. The Bertz CT molecular complexity index is 641. The van der Waals surface area contributed by atoms with E-state index in [4.69, 9.17) is 11.6 Å². The molecule has 0 saturated heterocycles. The minimum atomic E-state index is -0.572. The van der Waals surface area contributed by atoms with Gasteiger partial charge in [0.05, 0.1) is 9.95 Å². The van der Waals surface area contributed by atoms with E-state index < -0.39 is 4.92 Å². The van der Waals surface area contributed by atoms with Crippen LogP contribution in [0.4, 0.5) is 11.5 Å². The van der Waals surface area contributed by atoms with Crippen molar-refractivity contribution in [1.29, 1.82) is 0 Å². The topological polar surface area (TPSA) is 91.5 Å². The molecule has 0 N–H and O–H groups in total. The molecular formula is C12H7ClN3O3-. The zero-order chi connectivity index (χ0) is 13.8. The summed E-state index contributed by atoms with van der Waals surface area (Å²) < 4.78 is 0. The lowest BCUT2D eigenvalue weighted by atomic mass is 10.2. The van der Waals surface area contributed by atoms with E-state index in [1.165, 1.54) is 18.5 Å². The highest BCUT2D eigenvalue weighted by Crippen LogP contribution is 2.20. The van der Waals surface area contributed by atoms with E-state index in [-0.39, 0.29) is 17.0 Å². The van der Waals surface area contributed by atoms with Gasteiger partial charge in [0.2, 0.25) is 0 Å². The average Bonchev–Trinajstić information content (AvgIpc) is 2.39. The number of nitro groups is 1. The van der Waals surface area contributed by atoms with Crippen molar-refractivity contribution in [2.75, 3.05) is 0 Å². The fraction of sp³-hybridized carbons (Fsp3) is 0. The van der Waals surface area contributed by atoms with Crippen LogP contribution >= 0.6 is 11.6 Å². The minimum absolute atomic E-state index is 0.131. The van der Waals surface area contributed by atoms with Crippen LogP contribution in [0.3, 0.4) is 0 Å². The number of benzene rings is 1. The van der Waals surface area contributed by atoms with Gasteiger partial charge in [-0.15, -0.1) is 0 Å². The van der Waals surface area contributed by atoms with E-state index in [1.54, 1.807) is 12.1 Å². The molecule has 0 aliphatic carbocycles. The second-order valence-electron chi connectivity index (χ2n) is 3.57. The molecule has 0 amide bonds. The number of pyridine rings is 1. The lowest BCUT2D eigenvalue weighted by molar-refractivity contribution is -0.385. The van der Waals surface area contributed by atoms with E-state index in [2.05, 4.69) is 9.98 Å². The monoisotopic (exact) mass is 276 g/mol. The average molecular weight is 277 g/mol. The van der Waals surface area contributed by atoms with E-state index in [0.717, 1.165) is 12.1 Å². The minimum Gasteiger partial charge on any atom is -0.872 e. The molecule has 0 fully saturated rings. The van der Waals surface area contributed by atoms with Crippen molar-refractivity contribution in [3.05, 3.63) is 57.2 Å². The van der Waals surface area contributed by atoms with Gasteiger partial charge in [-0.3, -0.25) is 10.1 Å². The van der Waals surface area contributed by atoms with Gasteiger partial charge >= 0.3 is 0 Å². The van der Waals surface area contributed by atoms with Crippen LogP contribution in [0, 0.1) is 10.1 Å². The van der Waals surface area contributed by atoms with Crippen molar-refractivity contribution in [3.63, 3.8) is 0 Å². The van der Waals surface area contributed by atoms with E-state index in [0.29, 0.717) is 10.8 Å². The van der Waals surface area contributed by atoms with Gasteiger partial charge in [-0.25, -0.2) is 9.98 Å². The maximum atomic E-state index is 11.5. The molecule has 0 saturated carbocycles. The molecule has 2 rings (SSSR count). The number of aliphatic imine (C=N–C) groups is 1. The van der Waals surface area contributed by atoms with E-state index in [9.17, 15) is 15.2 Å². The van der Waals surface area contributed by atoms with Gasteiger partial charge in [0, 0.05) is 24.5 Å². The zero-order valence-corrected chi connectivity index (χ0v) is 10.2. The third kappa shape index (κ3) is 3.26. The highest BCUT2D eigenvalue weighted by Gasteiger charge is 2.05. The lowest BCUT2D eigenvalue weighted by Crippen LogP contribution is -1.98. The second kappa shape index (κ2) is 5.45. The maximum absolute atomic E-state index is 11.5. The van der Waals surface area contributed by atoms with Gasteiger partial charge in [-0.2, -0.15) is 0 Å². The lowest BCUT2D eigenvalue weighted by Gasteiger charge is -2.08. The number of halogens is 1. The molecule has 96 valence electrons. The van der Waals surface area contributed by atoms with Crippen LogP contribution < -0.4 is 5.11 Å². The number of hydrogen-bond donors (Lipinski definition) is 0. The molecule has 7 heteroatoms. The van der Waals surface area contributed by atoms with Crippen LogP contribution in [0.1, 0.15) is 5.56 Å². The number of hydrogen-bond acceptors (Lipinski definition) is 5. The highest BCUT2D eigenvalue weighted by molar-refractivity contribution is 6.30. The van der Waals surface area contributed by atoms with Crippen LogP contribution in [0.2, 0.25) is 5.02 Å². The van der Waals surface area contributed by atoms with Crippen molar-refractivity contribution >= 4 is 29.3 Å². The molecule has 1 heterocycles. The zero-order valence-electron chi connectivity index (χ0n) is 9.49. The van der Waals surface area contributed by atoms with Crippen LogP contribution in [0.25, 0.3) is 0 Å². The van der Waals surface area contributed by atoms with Gasteiger partial charge in [0.15, 0.2) is 5.82 Å². The van der Waals surface area contributed by atoms with Crippen LogP contribution in [0.5, 0.6) is 5.75 Å². The molecule has 1 aromatic carbocycles. The molecule has 0 radical (unpaired) electrons. The molecule has 0 aliphatic heterocycles. The van der Waals surface area contributed by atoms with E-state index >= 15 is 0 Å². The van der Waals surface area contributed by atoms with Crippen LogP contribution in [-0.2, 0) is 0 Å². The van der Waals surface area contributed by atoms with Crippen molar-refractivity contribution in [3.8, 4) is 5.75 Å². The van der Waals surface area contributed by atoms with Gasteiger partial charge in [-0.05, 0) is 17.7 Å². The van der Waals surface area contributed by atoms with Gasteiger partial charge in [0.1, 0.15) is 0 Å². The Morgan fingerprint density at radius 1 is 1.32 bits per heavy atom. The third-order valence-electron chi connectivity index (χ3n) is 2.25. The summed E-state index contributed by atoms with van der Waals surface area (Å²) in [5.41, 5.74) is -0.0314. The third-order valence-corrected chi connectivity index (χ3v) is 2.48. The SMILES string of the molecule is O=[N+]([O-])c1ccc([O-])c(C=Nc2ccc(Cl)cn2)c1. The smallest absolute Gasteiger partial charge is 0.270 e. The Balaban J connectivity index is 2.29. The summed E-state index contributed by atoms with van der Waals surface area (Å²) in [6, 6.07) is 6.63. The van der Waals surface area contributed by atoms with Gasteiger partial charge in [-0.1, -0.05) is 23.4 Å². The summed E-state index contributed by atoms with van der Waals surface area (Å²) in [5, 5.41) is 22.6. The number of rotatable bonds is 3. The Labute approximate surface area is 113 Å². The summed E-state index contributed by atoms with van der Waals surface area (Å²) in [7, 11) is 0. The molecule has 1 aromatic heterocycles. The van der Waals surface area contributed by atoms with Crippen LogP contribution in [-0.4, -0.2) is 16.1 Å². The van der Waals surface area contributed by atoms with Gasteiger partial charge in [0.25, 0.3) is 5.69 Å². The Hall–Kier alpha value is -2.47. The number of non-ortho nitro benzene ring substituents is 1. The number of nitro benzene ring substituents is 1. The fourth-order valence-electron chi connectivity index (χ4n) is 1.33. The summed E-state index contributed by atoms with van der Waals surface area (Å²) in [5.74, 6) is 0.0126. The predicted molar refractivity (Wildman–Crippen MR) is 69.0 cm³/mol.